The number of hydrogen-bond acceptors (Lipinski definition) is 2. The van der Waals surface area contributed by atoms with Crippen molar-refractivity contribution in [3.63, 3.8) is 0 Å². The van der Waals surface area contributed by atoms with E-state index in [9.17, 15) is 4.79 Å². The van der Waals surface area contributed by atoms with Crippen molar-refractivity contribution >= 4 is 18.3 Å². The molecule has 1 saturated heterocycles. The predicted octanol–water partition coefficient (Wildman–Crippen LogP) is 2.20. The van der Waals surface area contributed by atoms with Gasteiger partial charge in [-0.2, -0.15) is 0 Å². The fraction of sp³-hybridized carbons (Fsp3) is 0.923. The number of amides is 1. The molecule has 2 rings (SSSR count). The molecule has 1 N–H and O–H groups in total. The van der Waals surface area contributed by atoms with Gasteiger partial charge >= 0.3 is 0 Å². The second-order valence-corrected chi connectivity index (χ2v) is 5.32. The SMILES string of the molecule is CN(C(=O)CCC1CCNCC1)C1CCC1.Cl. The minimum atomic E-state index is 0. The van der Waals surface area contributed by atoms with E-state index in [4.69, 9.17) is 0 Å². The Morgan fingerprint density at radius 1 is 1.24 bits per heavy atom. The van der Waals surface area contributed by atoms with Gasteiger partial charge in [-0.15, -0.1) is 12.4 Å². The van der Waals surface area contributed by atoms with E-state index in [1.165, 1.54) is 32.1 Å². The van der Waals surface area contributed by atoms with Gasteiger partial charge in [0.15, 0.2) is 0 Å². The maximum Gasteiger partial charge on any atom is 0.222 e. The normalized spacial score (nSPS) is 21.5. The number of nitrogens with zero attached hydrogens (tertiary/aromatic N) is 1. The average molecular weight is 261 g/mol. The molecule has 3 nitrogen and oxygen atoms in total. The molecule has 2 aliphatic rings. The van der Waals surface area contributed by atoms with Crippen molar-refractivity contribution in [2.24, 2.45) is 5.92 Å². The molecular formula is C13H25ClN2O. The van der Waals surface area contributed by atoms with Gasteiger partial charge < -0.3 is 10.2 Å². The van der Waals surface area contributed by atoms with E-state index < -0.39 is 0 Å². The Balaban J connectivity index is 0.00000144. The van der Waals surface area contributed by atoms with Crippen LogP contribution in [-0.4, -0.2) is 37.0 Å². The molecule has 2 fully saturated rings. The molecule has 0 aromatic heterocycles. The molecule has 0 atom stereocenters. The van der Waals surface area contributed by atoms with Gasteiger partial charge in [0.2, 0.25) is 5.91 Å². The van der Waals surface area contributed by atoms with Crippen molar-refractivity contribution in [2.45, 2.75) is 51.0 Å². The molecule has 1 aliphatic carbocycles. The lowest BCUT2D eigenvalue weighted by molar-refractivity contribution is -0.133. The number of carbonyl (C=O) groups is 1. The fourth-order valence-corrected chi connectivity index (χ4v) is 2.65. The van der Waals surface area contributed by atoms with Gasteiger partial charge in [0.1, 0.15) is 0 Å². The first-order valence-corrected chi connectivity index (χ1v) is 6.74. The van der Waals surface area contributed by atoms with E-state index in [1.54, 1.807) is 0 Å². The maximum absolute atomic E-state index is 11.9. The van der Waals surface area contributed by atoms with E-state index >= 15 is 0 Å². The maximum atomic E-state index is 11.9. The van der Waals surface area contributed by atoms with Crippen LogP contribution in [0.15, 0.2) is 0 Å². The Morgan fingerprint density at radius 3 is 2.41 bits per heavy atom. The van der Waals surface area contributed by atoms with E-state index in [0.717, 1.165) is 31.8 Å². The minimum Gasteiger partial charge on any atom is -0.343 e. The molecule has 0 aromatic carbocycles. The number of piperidine rings is 1. The van der Waals surface area contributed by atoms with Gasteiger partial charge in [-0.05, 0) is 57.5 Å². The molecule has 4 heteroatoms. The monoisotopic (exact) mass is 260 g/mol. The van der Waals surface area contributed by atoms with Gasteiger partial charge in [-0.1, -0.05) is 0 Å². The molecule has 1 saturated carbocycles. The van der Waals surface area contributed by atoms with Crippen molar-refractivity contribution in [3.05, 3.63) is 0 Å². The molecule has 0 radical (unpaired) electrons. The molecule has 0 spiro atoms. The van der Waals surface area contributed by atoms with Crippen LogP contribution in [0.25, 0.3) is 0 Å². The summed E-state index contributed by atoms with van der Waals surface area (Å²) in [5.74, 6) is 1.14. The highest BCUT2D eigenvalue weighted by Crippen LogP contribution is 2.25. The minimum absolute atomic E-state index is 0. The molecule has 17 heavy (non-hydrogen) atoms. The summed E-state index contributed by atoms with van der Waals surface area (Å²) in [5.41, 5.74) is 0. The summed E-state index contributed by atoms with van der Waals surface area (Å²) in [4.78, 5) is 13.9. The largest absolute Gasteiger partial charge is 0.343 e. The van der Waals surface area contributed by atoms with Gasteiger partial charge in [0, 0.05) is 19.5 Å². The van der Waals surface area contributed by atoms with E-state index in [2.05, 4.69) is 5.32 Å². The lowest BCUT2D eigenvalue weighted by Gasteiger charge is -2.35. The van der Waals surface area contributed by atoms with Crippen molar-refractivity contribution in [3.8, 4) is 0 Å². The molecule has 1 amide bonds. The van der Waals surface area contributed by atoms with Gasteiger partial charge in [0.05, 0.1) is 0 Å². The van der Waals surface area contributed by atoms with E-state index in [0.29, 0.717) is 11.9 Å². The van der Waals surface area contributed by atoms with Crippen LogP contribution in [0.5, 0.6) is 0 Å². The van der Waals surface area contributed by atoms with Gasteiger partial charge in [-0.3, -0.25) is 4.79 Å². The number of hydrogen-bond donors (Lipinski definition) is 1. The van der Waals surface area contributed by atoms with Crippen molar-refractivity contribution in [1.29, 1.82) is 0 Å². The molecule has 0 unspecified atom stereocenters. The number of halogens is 1. The summed E-state index contributed by atoms with van der Waals surface area (Å²) < 4.78 is 0. The summed E-state index contributed by atoms with van der Waals surface area (Å²) in [6.07, 6.45) is 8.10. The Morgan fingerprint density at radius 2 is 1.88 bits per heavy atom. The third kappa shape index (κ3) is 4.14. The zero-order chi connectivity index (χ0) is 11.4. The van der Waals surface area contributed by atoms with Crippen LogP contribution in [-0.2, 0) is 4.79 Å². The summed E-state index contributed by atoms with van der Waals surface area (Å²) in [5, 5.41) is 3.37. The summed E-state index contributed by atoms with van der Waals surface area (Å²) in [6.45, 7) is 2.27. The lowest BCUT2D eigenvalue weighted by atomic mass is 9.90. The zero-order valence-corrected chi connectivity index (χ0v) is 11.6. The van der Waals surface area contributed by atoms with Crippen LogP contribution < -0.4 is 5.32 Å². The average Bonchev–Trinajstić information content (AvgIpc) is 2.25. The topological polar surface area (TPSA) is 32.3 Å². The Kier molecular flexibility index (Phi) is 6.28. The highest BCUT2D eigenvalue weighted by molar-refractivity contribution is 5.85. The first kappa shape index (κ1) is 14.8. The number of carbonyl (C=O) groups excluding carboxylic acids is 1. The van der Waals surface area contributed by atoms with E-state index in [-0.39, 0.29) is 12.4 Å². The highest BCUT2D eigenvalue weighted by atomic mass is 35.5. The smallest absolute Gasteiger partial charge is 0.222 e. The predicted molar refractivity (Wildman–Crippen MR) is 72.5 cm³/mol. The van der Waals surface area contributed by atoms with Gasteiger partial charge in [0.25, 0.3) is 0 Å². The van der Waals surface area contributed by atoms with Crippen LogP contribution in [0.2, 0.25) is 0 Å². The Hall–Kier alpha value is -0.280. The Labute approximate surface area is 111 Å². The Bertz CT molecular complexity index is 238. The van der Waals surface area contributed by atoms with Crippen LogP contribution >= 0.6 is 12.4 Å². The first-order valence-electron chi connectivity index (χ1n) is 6.74. The fourth-order valence-electron chi connectivity index (χ4n) is 2.65. The number of nitrogens with one attached hydrogen (secondary N) is 1. The number of rotatable bonds is 4. The van der Waals surface area contributed by atoms with E-state index in [1.807, 2.05) is 11.9 Å². The summed E-state index contributed by atoms with van der Waals surface area (Å²) >= 11 is 0. The van der Waals surface area contributed by atoms with Crippen LogP contribution in [0.4, 0.5) is 0 Å². The highest BCUT2D eigenvalue weighted by Gasteiger charge is 2.25. The van der Waals surface area contributed by atoms with Crippen molar-refractivity contribution < 1.29 is 4.79 Å². The van der Waals surface area contributed by atoms with Gasteiger partial charge in [-0.25, -0.2) is 0 Å². The lowest BCUT2D eigenvalue weighted by Crippen LogP contribution is -2.41. The molecule has 0 bridgehead atoms. The third-order valence-corrected chi connectivity index (χ3v) is 4.24. The standard InChI is InChI=1S/C13H24N2O.ClH/c1-15(12-3-2-4-12)13(16)6-5-11-7-9-14-10-8-11;/h11-12,14H,2-10H2,1H3;1H. The second-order valence-electron chi connectivity index (χ2n) is 5.32. The quantitative estimate of drug-likeness (QED) is 0.841. The third-order valence-electron chi connectivity index (χ3n) is 4.24. The summed E-state index contributed by atoms with van der Waals surface area (Å²) in [6, 6.07) is 0.556. The van der Waals surface area contributed by atoms with Crippen LogP contribution in [0.3, 0.4) is 0 Å². The molecule has 1 aliphatic heterocycles. The van der Waals surface area contributed by atoms with Crippen molar-refractivity contribution in [1.82, 2.24) is 10.2 Å². The molecule has 1 heterocycles. The summed E-state index contributed by atoms with van der Waals surface area (Å²) in [7, 11) is 1.98. The molecular weight excluding hydrogens is 236 g/mol. The second kappa shape index (κ2) is 7.22. The first-order chi connectivity index (χ1) is 7.77. The molecule has 100 valence electrons. The van der Waals surface area contributed by atoms with Crippen LogP contribution in [0.1, 0.15) is 44.9 Å². The zero-order valence-electron chi connectivity index (χ0n) is 10.8. The van der Waals surface area contributed by atoms with Crippen LogP contribution in [0, 0.1) is 5.92 Å². The van der Waals surface area contributed by atoms with Crippen molar-refractivity contribution in [2.75, 3.05) is 20.1 Å². The molecule has 0 aromatic rings.